The molecule has 122 valence electrons. The highest BCUT2D eigenvalue weighted by Crippen LogP contribution is 2.19. The summed E-state index contributed by atoms with van der Waals surface area (Å²) >= 11 is 0. The minimum atomic E-state index is -0.306. The number of amides is 2. The number of urea groups is 1. The van der Waals surface area contributed by atoms with Crippen LogP contribution in [0.15, 0.2) is 59.5 Å². The third kappa shape index (κ3) is 3.30. The molecule has 0 saturated heterocycles. The maximum Gasteiger partial charge on any atom is 0.319 e. The molecule has 0 radical (unpaired) electrons. The van der Waals surface area contributed by atoms with E-state index in [4.69, 9.17) is 0 Å². The van der Waals surface area contributed by atoms with Crippen LogP contribution in [0.1, 0.15) is 11.1 Å². The van der Waals surface area contributed by atoms with E-state index in [9.17, 15) is 9.59 Å². The van der Waals surface area contributed by atoms with E-state index < -0.39 is 0 Å². The van der Waals surface area contributed by atoms with E-state index in [1.165, 1.54) is 10.1 Å². The van der Waals surface area contributed by atoms with Gasteiger partial charge in [-0.05, 0) is 18.6 Å². The lowest BCUT2D eigenvalue weighted by molar-refractivity contribution is 0.252. The van der Waals surface area contributed by atoms with Crippen molar-refractivity contribution in [1.82, 2.24) is 9.88 Å². The Hall–Kier alpha value is -3.08. The van der Waals surface area contributed by atoms with E-state index in [2.05, 4.69) is 10.6 Å². The van der Waals surface area contributed by atoms with Gasteiger partial charge in [-0.25, -0.2) is 4.79 Å². The maximum atomic E-state index is 12.2. The smallest absolute Gasteiger partial charge is 0.319 e. The molecule has 5 nitrogen and oxygen atoms in total. The molecule has 2 N–H and O–H groups in total. The van der Waals surface area contributed by atoms with Gasteiger partial charge in [0.25, 0.3) is 5.56 Å². The van der Waals surface area contributed by atoms with E-state index in [1.54, 1.807) is 19.3 Å². The van der Waals surface area contributed by atoms with Gasteiger partial charge in [-0.15, -0.1) is 0 Å². The number of pyridine rings is 1. The molecule has 24 heavy (non-hydrogen) atoms. The zero-order chi connectivity index (χ0) is 17.1. The van der Waals surface area contributed by atoms with Gasteiger partial charge in [-0.1, -0.05) is 48.0 Å². The van der Waals surface area contributed by atoms with Crippen molar-refractivity contribution in [1.29, 1.82) is 0 Å². The van der Waals surface area contributed by atoms with E-state index in [0.29, 0.717) is 17.6 Å². The third-order valence-electron chi connectivity index (χ3n) is 3.91. The minimum Gasteiger partial charge on any atom is -0.334 e. The molecule has 0 unspecified atom stereocenters. The van der Waals surface area contributed by atoms with Gasteiger partial charge in [0.1, 0.15) is 0 Å². The van der Waals surface area contributed by atoms with Gasteiger partial charge in [-0.3, -0.25) is 4.79 Å². The second-order valence-corrected chi connectivity index (χ2v) is 5.80. The van der Waals surface area contributed by atoms with Crippen LogP contribution >= 0.6 is 0 Å². The molecular weight excluding hydrogens is 302 g/mol. The highest BCUT2D eigenvalue weighted by Gasteiger charge is 2.09. The number of benzene rings is 2. The van der Waals surface area contributed by atoms with Crippen LogP contribution in [-0.2, 0) is 13.6 Å². The van der Waals surface area contributed by atoms with E-state index in [1.807, 2.05) is 49.4 Å². The van der Waals surface area contributed by atoms with Gasteiger partial charge in [0.05, 0.1) is 5.69 Å². The Balaban J connectivity index is 1.77. The van der Waals surface area contributed by atoms with Crippen molar-refractivity contribution in [3.05, 3.63) is 76.2 Å². The zero-order valence-electron chi connectivity index (χ0n) is 13.7. The van der Waals surface area contributed by atoms with Gasteiger partial charge >= 0.3 is 6.03 Å². The van der Waals surface area contributed by atoms with Crippen molar-refractivity contribution in [3.8, 4) is 0 Å². The highest BCUT2D eigenvalue weighted by molar-refractivity contribution is 6.00. The van der Waals surface area contributed by atoms with Crippen molar-refractivity contribution in [2.75, 3.05) is 5.32 Å². The highest BCUT2D eigenvalue weighted by atomic mass is 16.2. The molecule has 0 spiro atoms. The quantitative estimate of drug-likeness (QED) is 0.778. The van der Waals surface area contributed by atoms with Crippen molar-refractivity contribution >= 4 is 22.5 Å². The summed E-state index contributed by atoms with van der Waals surface area (Å²) < 4.78 is 1.47. The number of anilines is 1. The van der Waals surface area contributed by atoms with Crippen molar-refractivity contribution < 1.29 is 4.79 Å². The van der Waals surface area contributed by atoms with Crippen LogP contribution in [0.4, 0.5) is 10.5 Å². The Kier molecular flexibility index (Phi) is 4.33. The molecule has 5 heteroatoms. The van der Waals surface area contributed by atoms with Gasteiger partial charge in [0, 0.05) is 30.6 Å². The first kappa shape index (κ1) is 15.8. The van der Waals surface area contributed by atoms with Crippen LogP contribution in [0.5, 0.6) is 0 Å². The molecule has 0 fully saturated rings. The molecule has 3 aromatic rings. The summed E-state index contributed by atoms with van der Waals surface area (Å²) in [5, 5.41) is 6.96. The van der Waals surface area contributed by atoms with E-state index in [0.717, 1.165) is 10.9 Å². The van der Waals surface area contributed by atoms with Crippen LogP contribution in [0.25, 0.3) is 10.8 Å². The number of rotatable bonds is 3. The fourth-order valence-electron chi connectivity index (χ4n) is 2.57. The first-order valence-electron chi connectivity index (χ1n) is 7.73. The first-order chi connectivity index (χ1) is 11.5. The predicted octanol–water partition coefficient (Wildman–Crippen LogP) is 3.17. The normalized spacial score (nSPS) is 10.6. The predicted molar refractivity (Wildman–Crippen MR) is 96.2 cm³/mol. The molecule has 1 heterocycles. The number of hydrogen-bond donors (Lipinski definition) is 2. The summed E-state index contributed by atoms with van der Waals surface area (Å²) in [5.74, 6) is 0. The fourth-order valence-corrected chi connectivity index (χ4v) is 2.57. The second-order valence-electron chi connectivity index (χ2n) is 5.80. The van der Waals surface area contributed by atoms with E-state index >= 15 is 0 Å². The van der Waals surface area contributed by atoms with Crippen molar-refractivity contribution in [3.63, 3.8) is 0 Å². The van der Waals surface area contributed by atoms with Crippen LogP contribution in [0, 0.1) is 6.92 Å². The summed E-state index contributed by atoms with van der Waals surface area (Å²) in [5.41, 5.74) is 2.73. The Morgan fingerprint density at radius 3 is 2.42 bits per heavy atom. The lowest BCUT2D eigenvalue weighted by Crippen LogP contribution is -2.29. The molecular formula is C19H19N3O2. The maximum absolute atomic E-state index is 12.2. The second kappa shape index (κ2) is 6.58. The summed E-state index contributed by atoms with van der Waals surface area (Å²) in [4.78, 5) is 24.3. The zero-order valence-corrected chi connectivity index (χ0v) is 13.7. The van der Waals surface area contributed by atoms with Crippen LogP contribution < -0.4 is 16.2 Å². The molecule has 0 aliphatic carbocycles. The number of aromatic nitrogens is 1. The lowest BCUT2D eigenvalue weighted by Gasteiger charge is -2.12. The standard InChI is InChI=1S/C19H19N3O2/c1-13-7-9-14(10-8-13)11-20-19(24)21-17-12-22(2)18(23)16-6-4-3-5-15(16)17/h3-10,12H,11H2,1-2H3,(H2,20,21,24). The largest absolute Gasteiger partial charge is 0.334 e. The summed E-state index contributed by atoms with van der Waals surface area (Å²) in [7, 11) is 1.67. The number of nitrogens with zero attached hydrogens (tertiary/aromatic N) is 1. The summed E-state index contributed by atoms with van der Waals surface area (Å²) in [6.45, 7) is 2.46. The number of hydrogen-bond acceptors (Lipinski definition) is 2. The number of carbonyl (C=O) groups is 1. The number of aryl methyl sites for hydroxylation is 2. The Labute approximate surface area is 139 Å². The first-order valence-corrected chi connectivity index (χ1v) is 7.73. The molecule has 3 rings (SSSR count). The molecule has 0 aliphatic rings. The van der Waals surface area contributed by atoms with Crippen molar-refractivity contribution in [2.24, 2.45) is 7.05 Å². The monoisotopic (exact) mass is 321 g/mol. The Morgan fingerprint density at radius 1 is 1.04 bits per heavy atom. The van der Waals surface area contributed by atoms with Crippen LogP contribution in [0.2, 0.25) is 0 Å². The molecule has 0 aliphatic heterocycles. The van der Waals surface area contributed by atoms with Crippen LogP contribution in [0.3, 0.4) is 0 Å². The van der Waals surface area contributed by atoms with E-state index in [-0.39, 0.29) is 11.6 Å². The van der Waals surface area contributed by atoms with Gasteiger partial charge in [0.15, 0.2) is 0 Å². The number of fused-ring (bicyclic) bond motifs is 1. The van der Waals surface area contributed by atoms with Gasteiger partial charge < -0.3 is 15.2 Å². The Bertz CT molecular complexity index is 943. The molecule has 1 aromatic heterocycles. The molecule has 2 aromatic carbocycles. The lowest BCUT2D eigenvalue weighted by atomic mass is 10.1. The van der Waals surface area contributed by atoms with Gasteiger partial charge in [-0.2, -0.15) is 0 Å². The fraction of sp³-hybridized carbons (Fsp3) is 0.158. The SMILES string of the molecule is Cc1ccc(CNC(=O)Nc2cn(C)c(=O)c3ccccc23)cc1. The molecule has 2 amide bonds. The molecule has 0 saturated carbocycles. The van der Waals surface area contributed by atoms with Crippen molar-refractivity contribution in [2.45, 2.75) is 13.5 Å². The minimum absolute atomic E-state index is 0.0868. The summed E-state index contributed by atoms with van der Waals surface area (Å²) in [6, 6.07) is 14.9. The summed E-state index contributed by atoms with van der Waals surface area (Å²) in [6.07, 6.45) is 1.64. The third-order valence-corrected chi connectivity index (χ3v) is 3.91. The number of nitrogens with one attached hydrogen (secondary N) is 2. The topological polar surface area (TPSA) is 63.1 Å². The average Bonchev–Trinajstić information content (AvgIpc) is 2.59. The van der Waals surface area contributed by atoms with Gasteiger partial charge in [0.2, 0.25) is 0 Å². The van der Waals surface area contributed by atoms with Crippen LogP contribution in [-0.4, -0.2) is 10.6 Å². The molecule has 0 atom stereocenters. The Morgan fingerprint density at radius 2 is 1.71 bits per heavy atom. The molecule has 0 bridgehead atoms. The average molecular weight is 321 g/mol. The number of carbonyl (C=O) groups excluding carboxylic acids is 1.